The molecule has 1 aromatic carbocycles. The third kappa shape index (κ3) is 5.44. The van der Waals surface area contributed by atoms with Crippen molar-refractivity contribution in [3.8, 4) is 0 Å². The van der Waals surface area contributed by atoms with Gasteiger partial charge >= 0.3 is 0 Å². The van der Waals surface area contributed by atoms with Gasteiger partial charge in [0.05, 0.1) is 11.9 Å². The fraction of sp³-hybridized carbons (Fsp3) is 0.250. The summed E-state index contributed by atoms with van der Waals surface area (Å²) in [7, 11) is 0. The predicted octanol–water partition coefficient (Wildman–Crippen LogP) is 3.35. The van der Waals surface area contributed by atoms with Gasteiger partial charge in [-0.15, -0.1) is 0 Å². The van der Waals surface area contributed by atoms with Crippen molar-refractivity contribution < 1.29 is 0 Å². The summed E-state index contributed by atoms with van der Waals surface area (Å²) in [5.41, 5.74) is 2.94. The van der Waals surface area contributed by atoms with Crippen LogP contribution in [-0.4, -0.2) is 18.5 Å². The molecule has 1 rings (SSSR count). The molecule has 1 atom stereocenters. The van der Waals surface area contributed by atoms with Crippen molar-refractivity contribution in [3.05, 3.63) is 60.4 Å². The molecule has 0 aliphatic heterocycles. The average Bonchev–Trinajstić information content (AvgIpc) is 2.46. The first-order chi connectivity index (χ1) is 9.17. The molecular weight excluding hydrogens is 234 g/mol. The van der Waals surface area contributed by atoms with Crippen LogP contribution < -0.4 is 5.32 Å². The van der Waals surface area contributed by atoms with E-state index in [1.807, 2.05) is 25.1 Å². The molecule has 1 N–H and O–H groups in total. The van der Waals surface area contributed by atoms with E-state index < -0.39 is 0 Å². The summed E-state index contributed by atoms with van der Waals surface area (Å²) in [4.78, 5) is 8.16. The smallest absolute Gasteiger partial charge is 0.0799 e. The maximum absolute atomic E-state index is 4.37. The lowest BCUT2D eigenvalue weighted by Gasteiger charge is -2.13. The molecule has 0 aliphatic carbocycles. The van der Waals surface area contributed by atoms with E-state index in [0.717, 1.165) is 12.3 Å². The summed E-state index contributed by atoms with van der Waals surface area (Å²) < 4.78 is 0. The fourth-order valence-corrected chi connectivity index (χ4v) is 1.45. The van der Waals surface area contributed by atoms with Crippen LogP contribution in [0.4, 0.5) is 0 Å². The standard InChI is InChI=1S/C16H21N3/c1-5-16(17-4)12-19-14(3)13(2)18-11-15-9-7-6-8-10-15/h5-10,12-13,18H,1,4,11H2,2-3H3/b16-12+,19-14?/t13-/m1/s1. The van der Waals surface area contributed by atoms with Gasteiger partial charge in [0.2, 0.25) is 0 Å². The van der Waals surface area contributed by atoms with Crippen LogP contribution in [0.5, 0.6) is 0 Å². The SMILES string of the molecule is C=C/C(=C\N=C(C)[C@@H](C)NCc1ccccc1)N=C. The molecule has 0 amide bonds. The van der Waals surface area contributed by atoms with Crippen molar-refractivity contribution in [1.29, 1.82) is 0 Å². The van der Waals surface area contributed by atoms with E-state index >= 15 is 0 Å². The number of nitrogens with one attached hydrogen (secondary N) is 1. The Labute approximate surface area is 115 Å². The first kappa shape index (κ1) is 15.1. The zero-order valence-electron chi connectivity index (χ0n) is 11.6. The van der Waals surface area contributed by atoms with Gasteiger partial charge in [0.15, 0.2) is 0 Å². The van der Waals surface area contributed by atoms with Gasteiger partial charge < -0.3 is 5.32 Å². The van der Waals surface area contributed by atoms with Crippen molar-refractivity contribution >= 4 is 12.4 Å². The lowest BCUT2D eigenvalue weighted by atomic mass is 10.2. The molecule has 3 heteroatoms. The molecule has 0 bridgehead atoms. The van der Waals surface area contributed by atoms with Crippen molar-refractivity contribution in [1.82, 2.24) is 5.32 Å². The maximum atomic E-state index is 4.37. The Bertz CT molecular complexity index is 462. The number of hydrogen-bond donors (Lipinski definition) is 1. The quantitative estimate of drug-likeness (QED) is 0.588. The van der Waals surface area contributed by atoms with Gasteiger partial charge in [0, 0.05) is 18.3 Å². The molecular formula is C16H21N3. The minimum Gasteiger partial charge on any atom is -0.305 e. The Morgan fingerprint density at radius 1 is 1.37 bits per heavy atom. The van der Waals surface area contributed by atoms with Crippen LogP contribution >= 0.6 is 0 Å². The van der Waals surface area contributed by atoms with Gasteiger partial charge in [0.25, 0.3) is 0 Å². The maximum Gasteiger partial charge on any atom is 0.0799 e. The summed E-state index contributed by atoms with van der Waals surface area (Å²) in [6.45, 7) is 12.0. The molecule has 0 heterocycles. The molecule has 0 aliphatic rings. The second-order valence-corrected chi connectivity index (χ2v) is 4.27. The van der Waals surface area contributed by atoms with Crippen molar-refractivity contribution in [2.24, 2.45) is 9.98 Å². The van der Waals surface area contributed by atoms with Crippen molar-refractivity contribution in [3.63, 3.8) is 0 Å². The largest absolute Gasteiger partial charge is 0.305 e. The molecule has 19 heavy (non-hydrogen) atoms. The molecule has 100 valence electrons. The third-order valence-electron chi connectivity index (χ3n) is 2.87. The minimum absolute atomic E-state index is 0.201. The van der Waals surface area contributed by atoms with Gasteiger partial charge in [-0.3, -0.25) is 9.98 Å². The fourth-order valence-electron chi connectivity index (χ4n) is 1.45. The van der Waals surface area contributed by atoms with Gasteiger partial charge in [-0.05, 0) is 32.2 Å². The first-order valence-corrected chi connectivity index (χ1v) is 6.28. The van der Waals surface area contributed by atoms with Gasteiger partial charge in [-0.1, -0.05) is 36.9 Å². The molecule has 3 nitrogen and oxygen atoms in total. The Hall–Kier alpha value is -2.00. The lowest BCUT2D eigenvalue weighted by Crippen LogP contribution is -2.31. The van der Waals surface area contributed by atoms with E-state index in [4.69, 9.17) is 0 Å². The second-order valence-electron chi connectivity index (χ2n) is 4.27. The Morgan fingerprint density at radius 3 is 2.63 bits per heavy atom. The van der Waals surface area contributed by atoms with Gasteiger partial charge in [-0.25, -0.2) is 0 Å². The van der Waals surface area contributed by atoms with Crippen LogP contribution in [0, 0.1) is 0 Å². The van der Waals surface area contributed by atoms with E-state index in [9.17, 15) is 0 Å². The Morgan fingerprint density at radius 2 is 2.05 bits per heavy atom. The second kappa shape index (κ2) is 8.16. The van der Waals surface area contributed by atoms with Crippen LogP contribution in [0.1, 0.15) is 19.4 Å². The van der Waals surface area contributed by atoms with E-state index in [1.165, 1.54) is 5.56 Å². The Balaban J connectivity index is 2.55. The first-order valence-electron chi connectivity index (χ1n) is 6.28. The van der Waals surface area contributed by atoms with Gasteiger partial charge in [-0.2, -0.15) is 0 Å². The van der Waals surface area contributed by atoms with Crippen LogP contribution in [0.3, 0.4) is 0 Å². The molecule has 0 radical (unpaired) electrons. The number of hydrogen-bond acceptors (Lipinski definition) is 3. The summed E-state index contributed by atoms with van der Waals surface area (Å²) >= 11 is 0. The lowest BCUT2D eigenvalue weighted by molar-refractivity contribution is 0.656. The van der Waals surface area contributed by atoms with E-state index in [-0.39, 0.29) is 6.04 Å². The number of rotatable bonds is 7. The van der Waals surface area contributed by atoms with E-state index in [0.29, 0.717) is 5.70 Å². The molecule has 1 aromatic rings. The van der Waals surface area contributed by atoms with Crippen molar-refractivity contribution in [2.75, 3.05) is 0 Å². The van der Waals surface area contributed by atoms with Crippen LogP contribution in [0.2, 0.25) is 0 Å². The van der Waals surface area contributed by atoms with E-state index in [2.05, 4.69) is 47.7 Å². The molecule has 0 saturated carbocycles. The number of benzene rings is 1. The normalized spacial score (nSPS) is 14.0. The molecule has 0 saturated heterocycles. The summed E-state index contributed by atoms with van der Waals surface area (Å²) in [5.74, 6) is 0. The van der Waals surface area contributed by atoms with E-state index in [1.54, 1.807) is 12.3 Å². The van der Waals surface area contributed by atoms with Crippen LogP contribution in [-0.2, 0) is 6.54 Å². The zero-order valence-corrected chi connectivity index (χ0v) is 11.6. The average molecular weight is 255 g/mol. The highest BCUT2D eigenvalue weighted by Crippen LogP contribution is 2.01. The minimum atomic E-state index is 0.201. The third-order valence-corrected chi connectivity index (χ3v) is 2.87. The number of nitrogens with zero attached hydrogens (tertiary/aromatic N) is 2. The summed E-state index contributed by atoms with van der Waals surface area (Å²) in [6, 6.07) is 10.5. The molecule has 0 fully saturated rings. The van der Waals surface area contributed by atoms with Gasteiger partial charge in [0.1, 0.15) is 0 Å². The molecule has 0 unspecified atom stereocenters. The highest BCUT2D eigenvalue weighted by Gasteiger charge is 2.04. The van der Waals surface area contributed by atoms with Crippen LogP contribution in [0.25, 0.3) is 0 Å². The number of allylic oxidation sites excluding steroid dienone is 1. The predicted molar refractivity (Wildman–Crippen MR) is 83.7 cm³/mol. The highest BCUT2D eigenvalue weighted by atomic mass is 14.9. The summed E-state index contributed by atoms with van der Waals surface area (Å²) in [6.07, 6.45) is 3.31. The molecule has 0 spiro atoms. The molecule has 0 aromatic heterocycles. The topological polar surface area (TPSA) is 36.8 Å². The van der Waals surface area contributed by atoms with Crippen LogP contribution in [0.15, 0.2) is 64.9 Å². The zero-order chi connectivity index (χ0) is 14.1. The Kier molecular flexibility index (Phi) is 6.47. The highest BCUT2D eigenvalue weighted by molar-refractivity contribution is 5.87. The summed E-state index contributed by atoms with van der Waals surface area (Å²) in [5, 5.41) is 3.43. The van der Waals surface area contributed by atoms with Crippen molar-refractivity contribution in [2.45, 2.75) is 26.4 Å². The number of aliphatic imine (C=N–C) groups is 2. The monoisotopic (exact) mass is 255 g/mol.